The van der Waals surface area contributed by atoms with Crippen LogP contribution in [0.2, 0.25) is 0 Å². The summed E-state index contributed by atoms with van der Waals surface area (Å²) in [5.41, 5.74) is 0.397. The zero-order valence-corrected chi connectivity index (χ0v) is 22.5. The molecule has 4 aromatic carbocycles. The fourth-order valence-electron chi connectivity index (χ4n) is 6.19. The van der Waals surface area contributed by atoms with E-state index in [1.807, 2.05) is 42.5 Å². The minimum atomic E-state index is -0.821. The maximum atomic E-state index is 11.0. The molecule has 3 heterocycles. The molecule has 4 atom stereocenters. The van der Waals surface area contributed by atoms with Crippen molar-refractivity contribution in [2.75, 3.05) is 0 Å². The number of nitriles is 1. The fraction of sp³-hybridized carbons (Fsp3) is 0.219. The van der Waals surface area contributed by atoms with E-state index in [2.05, 4.69) is 0 Å². The predicted octanol–water partition coefficient (Wildman–Crippen LogP) is 6.47. The summed E-state index contributed by atoms with van der Waals surface area (Å²) in [4.78, 5) is 10.3. The lowest BCUT2D eigenvalue weighted by Crippen LogP contribution is -2.63. The van der Waals surface area contributed by atoms with Crippen molar-refractivity contribution in [1.29, 1.82) is 5.26 Å². The molecule has 1 saturated carbocycles. The Morgan fingerprint density at radius 1 is 0.791 bits per heavy atom. The van der Waals surface area contributed by atoms with Gasteiger partial charge in [0.2, 0.25) is 0 Å². The van der Waals surface area contributed by atoms with Gasteiger partial charge in [-0.15, -0.1) is 0 Å². The van der Waals surface area contributed by atoms with E-state index in [0.29, 0.717) is 36.5 Å². The summed E-state index contributed by atoms with van der Waals surface area (Å²) >= 11 is 0. The van der Waals surface area contributed by atoms with Crippen LogP contribution in [0.3, 0.4) is 0 Å². The number of rotatable bonds is 7. The second kappa shape index (κ2) is 9.99. The van der Waals surface area contributed by atoms with Gasteiger partial charge in [0.25, 0.3) is 6.48 Å². The first-order valence-corrected chi connectivity index (χ1v) is 13.5. The molecule has 2 N–H and O–H groups in total. The average Bonchev–Trinajstić information content (AvgIpc) is 2.97. The highest BCUT2D eigenvalue weighted by Gasteiger charge is 2.62. The van der Waals surface area contributed by atoms with Crippen molar-refractivity contribution in [2.24, 2.45) is 0 Å². The molecule has 0 amide bonds. The van der Waals surface area contributed by atoms with E-state index in [1.54, 1.807) is 18.2 Å². The lowest BCUT2D eigenvalue weighted by atomic mass is 9.66. The van der Waals surface area contributed by atoms with Gasteiger partial charge in [0, 0.05) is 37.5 Å². The lowest BCUT2D eigenvalue weighted by Gasteiger charge is -2.60. The molecule has 4 aliphatic rings. The summed E-state index contributed by atoms with van der Waals surface area (Å²) in [6, 6.07) is 25.3. The number of phenols is 2. The van der Waals surface area contributed by atoms with Gasteiger partial charge in [-0.05, 0) is 53.6 Å². The molecule has 4 bridgehead atoms. The van der Waals surface area contributed by atoms with Gasteiger partial charge in [-0.1, -0.05) is 24.3 Å². The third kappa shape index (κ3) is 4.77. The van der Waals surface area contributed by atoms with Crippen molar-refractivity contribution >= 4 is 5.69 Å². The predicted molar refractivity (Wildman–Crippen MR) is 149 cm³/mol. The molecule has 0 unspecified atom stereocenters. The van der Waals surface area contributed by atoms with Crippen LogP contribution in [0.4, 0.5) is 5.69 Å². The summed E-state index contributed by atoms with van der Waals surface area (Å²) in [6.07, 6.45) is 1.83. The molecule has 0 aromatic heterocycles. The maximum Gasteiger partial charge on any atom is 0.310 e. The fourth-order valence-corrected chi connectivity index (χ4v) is 6.19. The molecular formula is C32H24N2O9. The second-order valence-electron chi connectivity index (χ2n) is 10.8. The molecule has 4 fully saturated rings. The Bertz CT molecular complexity index is 1750. The number of phenolic OH excluding ortho intramolecular Hbond substituents is 2. The number of nitro groups is 1. The van der Waals surface area contributed by atoms with E-state index < -0.39 is 34.0 Å². The molecule has 1 aliphatic carbocycles. The first kappa shape index (κ1) is 26.7. The van der Waals surface area contributed by atoms with Gasteiger partial charge < -0.3 is 33.9 Å². The molecule has 11 nitrogen and oxygen atoms in total. The summed E-state index contributed by atoms with van der Waals surface area (Å²) < 4.78 is 30.3. The Kier molecular flexibility index (Phi) is 6.21. The topological polar surface area (TPSA) is 154 Å². The van der Waals surface area contributed by atoms with Crippen molar-refractivity contribution in [3.8, 4) is 40.6 Å². The standard InChI is InChI=1S/C32H24N2O9/c33-17-19-1-6-24(13-28(19)35)39-22-7-2-20(3-8-22)31-15-26-16-32(18-31,43-30(41-26)42-31)21-4-9-23(10-5-21)40-25-11-12-27(34(37)38)29(36)14-25/h1-14,26,30,35-36H,15-16,18H2/t26-,30-,31+,32-/m0/s1. The second-order valence-corrected chi connectivity index (χ2v) is 10.8. The largest absolute Gasteiger partial charge is 0.506 e. The molecule has 4 aromatic rings. The molecule has 11 heteroatoms. The summed E-state index contributed by atoms with van der Waals surface area (Å²) in [5, 5.41) is 39.9. The van der Waals surface area contributed by atoms with Gasteiger partial charge in [0.1, 0.15) is 46.0 Å². The first-order chi connectivity index (χ1) is 20.7. The van der Waals surface area contributed by atoms with Gasteiger partial charge in [-0.3, -0.25) is 10.1 Å². The Balaban J connectivity index is 1.10. The number of hydrogen-bond donors (Lipinski definition) is 2. The van der Waals surface area contributed by atoms with E-state index in [0.717, 1.165) is 11.1 Å². The molecule has 43 heavy (non-hydrogen) atoms. The minimum Gasteiger partial charge on any atom is -0.506 e. The highest BCUT2D eigenvalue weighted by Crippen LogP contribution is 2.59. The van der Waals surface area contributed by atoms with Gasteiger partial charge >= 0.3 is 5.69 Å². The maximum absolute atomic E-state index is 11.0. The Labute approximate surface area is 245 Å². The number of nitro benzene ring substituents is 1. The summed E-state index contributed by atoms with van der Waals surface area (Å²) in [7, 11) is 0. The van der Waals surface area contributed by atoms with Crippen LogP contribution >= 0.6 is 0 Å². The Hall–Kier alpha value is -5.15. The normalized spacial score (nSPS) is 25.2. The van der Waals surface area contributed by atoms with Crippen LogP contribution < -0.4 is 9.47 Å². The van der Waals surface area contributed by atoms with E-state index in [1.165, 1.54) is 30.3 Å². The SMILES string of the molecule is N#Cc1ccc(Oc2ccc([C@@]34C[C@H]5C[C@@](c6ccc(Oc7ccc([N+](=O)[O-])c(O)c7)cc6)(C3)O[C@@H](O5)O4)cc2)cc1O. The zero-order valence-electron chi connectivity index (χ0n) is 22.5. The molecular weight excluding hydrogens is 556 g/mol. The van der Waals surface area contributed by atoms with Crippen LogP contribution in [0.1, 0.15) is 36.0 Å². The molecule has 0 spiro atoms. The number of ether oxygens (including phenoxy) is 5. The monoisotopic (exact) mass is 580 g/mol. The van der Waals surface area contributed by atoms with Gasteiger partial charge in [0.15, 0.2) is 5.75 Å². The molecule has 8 rings (SSSR count). The third-order valence-corrected chi connectivity index (χ3v) is 8.10. The van der Waals surface area contributed by atoms with Crippen LogP contribution in [-0.2, 0) is 25.4 Å². The van der Waals surface area contributed by atoms with E-state index in [4.69, 9.17) is 28.9 Å². The van der Waals surface area contributed by atoms with Crippen molar-refractivity contribution in [3.63, 3.8) is 0 Å². The van der Waals surface area contributed by atoms with Crippen molar-refractivity contribution in [1.82, 2.24) is 0 Å². The highest BCUT2D eigenvalue weighted by atomic mass is 16.9. The van der Waals surface area contributed by atoms with Crippen molar-refractivity contribution in [3.05, 3.63) is 112 Å². The number of aromatic hydroxyl groups is 2. The van der Waals surface area contributed by atoms with Gasteiger partial charge in [0.05, 0.1) is 16.6 Å². The number of hydrogen-bond acceptors (Lipinski definition) is 10. The van der Waals surface area contributed by atoms with E-state index in [9.17, 15) is 20.3 Å². The van der Waals surface area contributed by atoms with Gasteiger partial charge in [-0.2, -0.15) is 5.26 Å². The smallest absolute Gasteiger partial charge is 0.310 e. The molecule has 216 valence electrons. The Morgan fingerprint density at radius 2 is 1.30 bits per heavy atom. The molecule has 0 radical (unpaired) electrons. The van der Waals surface area contributed by atoms with Crippen molar-refractivity contribution in [2.45, 2.75) is 43.0 Å². The number of benzene rings is 4. The third-order valence-electron chi connectivity index (χ3n) is 8.10. The first-order valence-electron chi connectivity index (χ1n) is 13.5. The van der Waals surface area contributed by atoms with Crippen LogP contribution in [-0.4, -0.2) is 27.7 Å². The molecule has 3 aliphatic heterocycles. The van der Waals surface area contributed by atoms with Crippen LogP contribution in [0.15, 0.2) is 84.9 Å². The van der Waals surface area contributed by atoms with Crippen molar-refractivity contribution < 1.29 is 38.8 Å². The van der Waals surface area contributed by atoms with Crippen LogP contribution in [0, 0.1) is 21.4 Å². The van der Waals surface area contributed by atoms with Gasteiger partial charge in [-0.25, -0.2) is 0 Å². The summed E-state index contributed by atoms with van der Waals surface area (Å²) in [6.45, 7) is -0.821. The Morgan fingerprint density at radius 3 is 1.77 bits per heavy atom. The quantitative estimate of drug-likeness (QED) is 0.184. The zero-order chi connectivity index (χ0) is 29.8. The lowest BCUT2D eigenvalue weighted by molar-refractivity contribution is -0.483. The van der Waals surface area contributed by atoms with Crippen LogP contribution in [0.5, 0.6) is 34.5 Å². The van der Waals surface area contributed by atoms with E-state index >= 15 is 0 Å². The minimum absolute atomic E-state index is 0.0715. The number of nitrogens with zero attached hydrogens (tertiary/aromatic N) is 2. The molecule has 3 saturated heterocycles. The van der Waals surface area contributed by atoms with Crippen LogP contribution in [0.25, 0.3) is 0 Å². The highest BCUT2D eigenvalue weighted by molar-refractivity contribution is 5.51. The summed E-state index contributed by atoms with van der Waals surface area (Å²) in [5.74, 6) is 1.13. The average molecular weight is 581 g/mol. The van der Waals surface area contributed by atoms with E-state index in [-0.39, 0.29) is 23.2 Å².